The molecule has 0 unspecified atom stereocenters. The fraction of sp³-hybridized carbons (Fsp3) is 0.733. The summed E-state index contributed by atoms with van der Waals surface area (Å²) in [5.41, 5.74) is 1.68. The van der Waals surface area contributed by atoms with E-state index in [1.165, 1.54) is 61.5 Å². The molecule has 4 bridgehead atoms. The van der Waals surface area contributed by atoms with Gasteiger partial charge in [-0.1, -0.05) is 12.8 Å². The lowest BCUT2D eigenvalue weighted by atomic mass is 9.67. The molecule has 0 aromatic heterocycles. The van der Waals surface area contributed by atoms with Crippen molar-refractivity contribution in [3.8, 4) is 0 Å². The normalized spacial score (nSPS) is 36.7. The predicted octanol–water partition coefficient (Wildman–Crippen LogP) is 7.57. The van der Waals surface area contributed by atoms with E-state index < -0.39 is 0 Å². The van der Waals surface area contributed by atoms with E-state index in [-0.39, 0.29) is 23.7 Å². The second-order valence-corrected chi connectivity index (χ2v) is 18.4. The third-order valence-electron chi connectivity index (χ3n) is 10.4. The topological polar surface area (TPSA) is 58.2 Å². The number of hydrogen-bond donors (Lipinski definition) is 2. The summed E-state index contributed by atoms with van der Waals surface area (Å²) in [5, 5.41) is 6.42. The Hall–Kier alpha value is -0.440. The monoisotopic (exact) mass is 588 g/mol. The van der Waals surface area contributed by atoms with Crippen LogP contribution in [0.2, 0.25) is 0 Å². The van der Waals surface area contributed by atoms with Crippen molar-refractivity contribution >= 4 is 70.2 Å². The zero-order chi connectivity index (χ0) is 25.7. The average Bonchev–Trinajstić information content (AvgIpc) is 3.56. The molecule has 1 aromatic carbocycles. The van der Waals surface area contributed by atoms with Crippen LogP contribution in [0.3, 0.4) is 0 Å². The van der Waals surface area contributed by atoms with Gasteiger partial charge in [0.15, 0.2) is 0 Å². The number of benzene rings is 1. The Balaban J connectivity index is 0.946. The molecular weight excluding hydrogens is 549 g/mol. The summed E-state index contributed by atoms with van der Waals surface area (Å²) in [6.45, 7) is 0. The number of hydrogen-bond acceptors (Lipinski definition) is 6. The zero-order valence-electron chi connectivity index (χ0n) is 22.1. The van der Waals surface area contributed by atoms with Gasteiger partial charge < -0.3 is 10.6 Å². The maximum Gasteiger partial charge on any atom is 0.227 e. The van der Waals surface area contributed by atoms with Gasteiger partial charge in [-0.3, -0.25) is 9.59 Å². The molecule has 6 fully saturated rings. The van der Waals surface area contributed by atoms with Crippen molar-refractivity contribution in [2.24, 2.45) is 35.5 Å². The summed E-state index contributed by atoms with van der Waals surface area (Å²) in [5.74, 6) is 8.46. The maximum absolute atomic E-state index is 13.3. The Morgan fingerprint density at radius 1 is 0.579 bits per heavy atom. The first-order valence-electron chi connectivity index (χ1n) is 14.8. The largest absolute Gasteiger partial charge is 0.326 e. The van der Waals surface area contributed by atoms with Crippen molar-refractivity contribution < 1.29 is 9.59 Å². The summed E-state index contributed by atoms with van der Waals surface area (Å²) in [4.78, 5) is 26.6. The minimum absolute atomic E-state index is 0.127. The van der Waals surface area contributed by atoms with Crippen molar-refractivity contribution in [2.75, 3.05) is 33.6 Å². The second kappa shape index (κ2) is 10.8. The first-order valence-corrected chi connectivity index (χ1v) is 18.8. The van der Waals surface area contributed by atoms with Crippen molar-refractivity contribution in [1.82, 2.24) is 0 Å². The van der Waals surface area contributed by atoms with Crippen molar-refractivity contribution in [2.45, 2.75) is 72.4 Å². The van der Waals surface area contributed by atoms with Crippen molar-refractivity contribution in [1.29, 1.82) is 0 Å². The lowest BCUT2D eigenvalue weighted by Gasteiger charge is -2.52. The molecule has 4 saturated carbocycles. The minimum Gasteiger partial charge on any atom is -0.326 e. The van der Waals surface area contributed by atoms with E-state index >= 15 is 0 Å². The van der Waals surface area contributed by atoms with Crippen LogP contribution < -0.4 is 10.6 Å². The third kappa shape index (κ3) is 4.65. The lowest BCUT2D eigenvalue weighted by molar-refractivity contribution is -0.123. The van der Waals surface area contributed by atoms with Gasteiger partial charge in [-0.25, -0.2) is 0 Å². The number of carbonyl (C=O) groups is 2. The van der Waals surface area contributed by atoms with E-state index in [4.69, 9.17) is 0 Å². The highest BCUT2D eigenvalue weighted by molar-refractivity contribution is 8.21. The molecule has 4 nitrogen and oxygen atoms in total. The Kier molecular flexibility index (Phi) is 7.49. The molecular formula is C30H40N2O2S4. The molecule has 2 heterocycles. The summed E-state index contributed by atoms with van der Waals surface area (Å²) in [7, 11) is 0. The Labute approximate surface area is 244 Å². The third-order valence-corrected chi connectivity index (χ3v) is 18.4. The number of carbonyl (C=O) groups excluding carboxylic acids is 2. The van der Waals surface area contributed by atoms with Crippen LogP contribution in [0.4, 0.5) is 11.4 Å². The Morgan fingerprint density at radius 2 is 0.895 bits per heavy atom. The van der Waals surface area contributed by atoms with Gasteiger partial charge in [0.2, 0.25) is 11.8 Å². The summed E-state index contributed by atoms with van der Waals surface area (Å²) in [6.07, 6.45) is 12.0. The van der Waals surface area contributed by atoms with E-state index in [2.05, 4.69) is 57.7 Å². The molecule has 2 aliphatic heterocycles. The highest BCUT2D eigenvalue weighted by Gasteiger charge is 2.56. The fourth-order valence-corrected chi connectivity index (χ4v) is 16.6. The summed E-state index contributed by atoms with van der Waals surface area (Å²) < 4.78 is 0.808. The maximum atomic E-state index is 13.3. The van der Waals surface area contributed by atoms with Crippen LogP contribution >= 0.6 is 47.0 Å². The molecule has 1 aromatic rings. The van der Waals surface area contributed by atoms with Gasteiger partial charge in [0.05, 0.1) is 8.16 Å². The van der Waals surface area contributed by atoms with E-state index in [0.29, 0.717) is 31.8 Å². The molecule has 6 aliphatic rings. The molecule has 7 rings (SSSR count). The average molecular weight is 589 g/mol. The highest BCUT2D eigenvalue weighted by Crippen LogP contribution is 2.65. The van der Waals surface area contributed by atoms with Gasteiger partial charge in [0.1, 0.15) is 0 Å². The molecule has 0 radical (unpaired) electrons. The standard InChI is InChI=1S/C30H40N2O2S4/c33-27(19-15-21-3-1-4-22(16-19)29(21)35-11-12-36-29)31-25-7-9-26(10-8-25)32-28(34)20-17-23-5-2-6-24(18-20)30(23)37-13-14-38-30/h7-10,19-24H,1-6,11-18H2,(H,31,33)(H,32,34)/t21-,22-,23+,24+. The molecule has 4 aliphatic carbocycles. The van der Waals surface area contributed by atoms with E-state index in [1.807, 2.05) is 24.3 Å². The number of amides is 2. The SMILES string of the molecule is O=C(Nc1ccc(NC(=O)C2C[C@@H]3CCC[C@@H](C2)C32SCCS2)cc1)C1C[C@H]2CCC[C@H](C1)C21SCCS1. The molecule has 2 N–H and O–H groups in total. The van der Waals surface area contributed by atoms with Crippen LogP contribution in [0, 0.1) is 35.5 Å². The number of nitrogens with one attached hydrogen (secondary N) is 2. The molecule has 2 saturated heterocycles. The second-order valence-electron chi connectivity index (χ2n) is 12.4. The molecule has 38 heavy (non-hydrogen) atoms. The van der Waals surface area contributed by atoms with Gasteiger partial charge in [0, 0.05) is 46.2 Å². The number of rotatable bonds is 4. The lowest BCUT2D eigenvalue weighted by Crippen LogP contribution is -2.48. The summed E-state index contributed by atoms with van der Waals surface area (Å²) in [6, 6.07) is 7.82. The van der Waals surface area contributed by atoms with Crippen LogP contribution in [0.25, 0.3) is 0 Å². The Morgan fingerprint density at radius 3 is 1.21 bits per heavy atom. The predicted molar refractivity (Wildman–Crippen MR) is 166 cm³/mol. The first kappa shape index (κ1) is 26.5. The van der Waals surface area contributed by atoms with Gasteiger partial charge >= 0.3 is 0 Å². The van der Waals surface area contributed by atoms with Crippen LogP contribution in [0.15, 0.2) is 24.3 Å². The Bertz CT molecular complexity index is 938. The van der Waals surface area contributed by atoms with Crippen LogP contribution in [0.1, 0.15) is 64.2 Å². The molecule has 2 amide bonds. The quantitative estimate of drug-likeness (QED) is 0.378. The molecule has 206 valence electrons. The molecule has 4 atom stereocenters. The van der Waals surface area contributed by atoms with Gasteiger partial charge in [-0.2, -0.15) is 0 Å². The highest BCUT2D eigenvalue weighted by atomic mass is 32.2. The van der Waals surface area contributed by atoms with Crippen molar-refractivity contribution in [3.05, 3.63) is 24.3 Å². The van der Waals surface area contributed by atoms with Crippen LogP contribution in [0.5, 0.6) is 0 Å². The minimum atomic E-state index is 0.127. The van der Waals surface area contributed by atoms with E-state index in [1.54, 1.807) is 0 Å². The van der Waals surface area contributed by atoms with Crippen LogP contribution in [-0.4, -0.2) is 43.0 Å². The van der Waals surface area contributed by atoms with Crippen LogP contribution in [-0.2, 0) is 9.59 Å². The van der Waals surface area contributed by atoms with Gasteiger partial charge in [0.25, 0.3) is 0 Å². The molecule has 2 spiro atoms. The number of anilines is 2. The summed E-state index contributed by atoms with van der Waals surface area (Å²) >= 11 is 8.78. The number of thioether (sulfide) groups is 4. The first-order chi connectivity index (χ1) is 18.6. The fourth-order valence-electron chi connectivity index (χ4n) is 8.77. The van der Waals surface area contributed by atoms with Gasteiger partial charge in [-0.05, 0) is 99.3 Å². The van der Waals surface area contributed by atoms with E-state index in [0.717, 1.165) is 37.1 Å². The smallest absolute Gasteiger partial charge is 0.227 e. The van der Waals surface area contributed by atoms with Crippen molar-refractivity contribution in [3.63, 3.8) is 0 Å². The van der Waals surface area contributed by atoms with E-state index in [9.17, 15) is 9.59 Å². The molecule has 8 heteroatoms. The zero-order valence-corrected chi connectivity index (χ0v) is 25.4. The van der Waals surface area contributed by atoms with Gasteiger partial charge in [-0.15, -0.1) is 47.0 Å².